The zero-order valence-electron chi connectivity index (χ0n) is 18.0. The molecule has 3 aromatic rings. The number of aromatic nitrogens is 1. The summed E-state index contributed by atoms with van der Waals surface area (Å²) in [5, 5.41) is 0. The molecule has 12 heteroatoms. The van der Waals surface area contributed by atoms with E-state index < -0.39 is 27.9 Å². The molecule has 1 saturated heterocycles. The fourth-order valence-electron chi connectivity index (χ4n) is 3.77. The molecule has 0 radical (unpaired) electrons. The minimum Gasteiger partial charge on any atom is -0.468 e. The van der Waals surface area contributed by atoms with Gasteiger partial charge in [-0.15, -0.1) is 11.3 Å². The minimum absolute atomic E-state index is 0.102. The van der Waals surface area contributed by atoms with Crippen molar-refractivity contribution < 1.29 is 22.7 Å². The van der Waals surface area contributed by atoms with E-state index in [-0.39, 0.29) is 17.3 Å². The average Bonchev–Trinajstić information content (AvgIpc) is 3.37. The molecule has 1 fully saturated rings. The Kier molecular flexibility index (Phi) is 7.06. The number of methoxy groups -OCH3 is 1. The lowest BCUT2D eigenvalue weighted by atomic mass is 10.0. The maximum absolute atomic E-state index is 13.3. The first-order chi connectivity index (χ1) is 15.7. The van der Waals surface area contributed by atoms with Crippen LogP contribution in [0.4, 0.5) is 0 Å². The third-order valence-electron chi connectivity index (χ3n) is 5.41. The second kappa shape index (κ2) is 9.67. The van der Waals surface area contributed by atoms with Crippen LogP contribution in [0.15, 0.2) is 39.5 Å². The fraction of sp³-hybridized carbons (Fsp3) is 0.381. The molecular weight excluding hydrogens is 506 g/mol. The molecular formula is C21H22ClN3O5S3. The summed E-state index contributed by atoms with van der Waals surface area (Å²) in [6, 6.07) is 7.80. The van der Waals surface area contributed by atoms with Gasteiger partial charge in [0.1, 0.15) is 16.8 Å². The number of carbonyl (C=O) groups is 2. The summed E-state index contributed by atoms with van der Waals surface area (Å²) in [6.07, 6.45) is 1.76. The van der Waals surface area contributed by atoms with Crippen LogP contribution in [0.25, 0.3) is 10.2 Å². The van der Waals surface area contributed by atoms with Crippen molar-refractivity contribution in [2.45, 2.75) is 43.0 Å². The van der Waals surface area contributed by atoms with E-state index in [0.717, 1.165) is 33.5 Å². The lowest BCUT2D eigenvalue weighted by molar-refractivity contribution is -0.141. The Morgan fingerprint density at radius 1 is 1.21 bits per heavy atom. The number of aryl methyl sites for hydroxylation is 1. The van der Waals surface area contributed by atoms with Crippen molar-refractivity contribution in [2.24, 2.45) is 4.99 Å². The van der Waals surface area contributed by atoms with Crippen LogP contribution in [-0.2, 0) is 30.9 Å². The van der Waals surface area contributed by atoms with Crippen LogP contribution in [0.2, 0.25) is 4.34 Å². The first-order valence-corrected chi connectivity index (χ1v) is 13.7. The molecule has 0 aliphatic carbocycles. The summed E-state index contributed by atoms with van der Waals surface area (Å²) in [4.78, 5) is 29.9. The molecule has 33 heavy (non-hydrogen) atoms. The molecule has 4 rings (SSSR count). The number of piperidine rings is 1. The summed E-state index contributed by atoms with van der Waals surface area (Å²) < 4.78 is 35.4. The van der Waals surface area contributed by atoms with Crippen molar-refractivity contribution in [3.63, 3.8) is 0 Å². The lowest BCUT2D eigenvalue weighted by Crippen LogP contribution is -2.47. The van der Waals surface area contributed by atoms with Crippen LogP contribution in [-0.4, -0.2) is 48.9 Å². The normalized spacial score (nSPS) is 18.0. The van der Waals surface area contributed by atoms with E-state index >= 15 is 0 Å². The number of hydrogen-bond acceptors (Lipinski definition) is 7. The van der Waals surface area contributed by atoms with Crippen molar-refractivity contribution in [2.75, 3.05) is 13.7 Å². The summed E-state index contributed by atoms with van der Waals surface area (Å²) in [5.41, 5.74) is 1.79. The van der Waals surface area contributed by atoms with E-state index in [9.17, 15) is 18.0 Å². The maximum atomic E-state index is 13.3. The van der Waals surface area contributed by atoms with E-state index in [1.54, 1.807) is 4.57 Å². The average molecular weight is 528 g/mol. The molecule has 1 unspecified atom stereocenters. The van der Waals surface area contributed by atoms with Crippen molar-refractivity contribution >= 4 is 66.4 Å². The molecule has 3 heterocycles. The van der Waals surface area contributed by atoms with Gasteiger partial charge in [-0.05, 0) is 49.6 Å². The fourth-order valence-corrected chi connectivity index (χ4v) is 8.17. The number of ether oxygens (including phenoxy) is 1. The van der Waals surface area contributed by atoms with Gasteiger partial charge >= 0.3 is 5.97 Å². The van der Waals surface area contributed by atoms with Gasteiger partial charge in [0, 0.05) is 6.54 Å². The molecule has 1 amide bonds. The standard InChI is InChI=1S/C21H22ClN3O5S3/c1-13-6-7-14-16(11-13)31-21(24(14)12-18(26)30-2)23-20(27)15-5-3-4-10-25(15)33(28,29)19-9-8-17(22)32-19/h6-9,11,15H,3-5,10,12H2,1-2H3. The number of rotatable bonds is 5. The Morgan fingerprint density at radius 3 is 2.70 bits per heavy atom. The maximum Gasteiger partial charge on any atom is 0.325 e. The molecule has 8 nitrogen and oxygen atoms in total. The predicted molar refractivity (Wildman–Crippen MR) is 128 cm³/mol. The number of hydrogen-bond donors (Lipinski definition) is 0. The summed E-state index contributed by atoms with van der Waals surface area (Å²) >= 11 is 8.18. The van der Waals surface area contributed by atoms with Gasteiger partial charge < -0.3 is 9.30 Å². The summed E-state index contributed by atoms with van der Waals surface area (Å²) in [5.74, 6) is -1.02. The third-order valence-corrected chi connectivity index (χ3v) is 10.1. The van der Waals surface area contributed by atoms with Crippen LogP contribution < -0.4 is 4.80 Å². The Labute approximate surface area is 204 Å². The number of carbonyl (C=O) groups excluding carboxylic acids is 2. The Hall–Kier alpha value is -2.05. The number of sulfonamides is 1. The van der Waals surface area contributed by atoms with Gasteiger partial charge in [-0.25, -0.2) is 8.42 Å². The van der Waals surface area contributed by atoms with Crippen molar-refractivity contribution in [3.8, 4) is 0 Å². The summed E-state index contributed by atoms with van der Waals surface area (Å²) in [6.45, 7) is 2.08. The molecule has 1 aromatic carbocycles. The van der Waals surface area contributed by atoms with Gasteiger partial charge in [0.15, 0.2) is 4.80 Å². The number of nitrogens with zero attached hydrogens (tertiary/aromatic N) is 3. The van der Waals surface area contributed by atoms with Gasteiger partial charge in [-0.2, -0.15) is 9.30 Å². The topological polar surface area (TPSA) is 98.0 Å². The van der Waals surface area contributed by atoms with Crippen LogP contribution in [0, 0.1) is 6.92 Å². The molecule has 0 bridgehead atoms. The zero-order valence-corrected chi connectivity index (χ0v) is 21.2. The molecule has 0 N–H and O–H groups in total. The molecule has 0 saturated carbocycles. The lowest BCUT2D eigenvalue weighted by Gasteiger charge is -2.31. The SMILES string of the molecule is COC(=O)Cn1c(=NC(=O)C2CCCCN2S(=O)(=O)c2ccc(Cl)s2)sc2cc(C)ccc21. The zero-order chi connectivity index (χ0) is 23.8. The van der Waals surface area contributed by atoms with Gasteiger partial charge in [0.2, 0.25) is 0 Å². The number of halogens is 1. The Balaban J connectivity index is 1.76. The third kappa shape index (κ3) is 4.92. The van der Waals surface area contributed by atoms with Crippen molar-refractivity contribution in [3.05, 3.63) is 45.0 Å². The van der Waals surface area contributed by atoms with E-state index in [0.29, 0.717) is 22.0 Å². The highest BCUT2D eigenvalue weighted by molar-refractivity contribution is 7.91. The van der Waals surface area contributed by atoms with Crippen LogP contribution in [0.1, 0.15) is 24.8 Å². The molecule has 176 valence electrons. The van der Waals surface area contributed by atoms with Gasteiger partial charge in [0.25, 0.3) is 15.9 Å². The van der Waals surface area contributed by atoms with E-state index in [4.69, 9.17) is 16.3 Å². The van der Waals surface area contributed by atoms with Crippen LogP contribution in [0.5, 0.6) is 0 Å². The van der Waals surface area contributed by atoms with Crippen LogP contribution >= 0.6 is 34.3 Å². The van der Waals surface area contributed by atoms with E-state index in [2.05, 4.69) is 4.99 Å². The molecule has 2 aromatic heterocycles. The first kappa shape index (κ1) is 24.1. The largest absolute Gasteiger partial charge is 0.468 e. The van der Waals surface area contributed by atoms with Gasteiger partial charge in [-0.1, -0.05) is 35.4 Å². The molecule has 1 aliphatic heterocycles. The Bertz CT molecular complexity index is 1390. The first-order valence-electron chi connectivity index (χ1n) is 10.2. The van der Waals surface area contributed by atoms with E-state index in [1.807, 2.05) is 25.1 Å². The second-order valence-corrected chi connectivity index (χ2v) is 12.5. The van der Waals surface area contributed by atoms with Crippen LogP contribution in [0.3, 0.4) is 0 Å². The number of esters is 1. The van der Waals surface area contributed by atoms with Gasteiger partial charge in [-0.3, -0.25) is 9.59 Å². The van der Waals surface area contributed by atoms with Crippen molar-refractivity contribution in [1.29, 1.82) is 0 Å². The van der Waals surface area contributed by atoms with E-state index in [1.165, 1.54) is 34.9 Å². The predicted octanol–water partition coefficient (Wildman–Crippen LogP) is 3.57. The molecule has 0 spiro atoms. The number of amides is 1. The quantitative estimate of drug-likeness (QED) is 0.472. The Morgan fingerprint density at radius 2 is 2.00 bits per heavy atom. The second-order valence-electron chi connectivity index (χ2n) is 7.65. The van der Waals surface area contributed by atoms with Crippen molar-refractivity contribution in [1.82, 2.24) is 8.87 Å². The number of thiazole rings is 1. The number of thiophene rings is 1. The number of fused-ring (bicyclic) bond motifs is 1. The molecule has 1 atom stereocenters. The highest BCUT2D eigenvalue weighted by atomic mass is 35.5. The minimum atomic E-state index is -3.88. The summed E-state index contributed by atoms with van der Waals surface area (Å²) in [7, 11) is -2.59. The van der Waals surface area contributed by atoms with Gasteiger partial charge in [0.05, 0.1) is 21.7 Å². The number of benzene rings is 1. The monoisotopic (exact) mass is 527 g/mol. The highest BCUT2D eigenvalue weighted by Gasteiger charge is 2.38. The highest BCUT2D eigenvalue weighted by Crippen LogP contribution is 2.32. The smallest absolute Gasteiger partial charge is 0.325 e. The molecule has 1 aliphatic rings.